The number of amides is 1. The second-order valence-corrected chi connectivity index (χ2v) is 5.59. The van der Waals surface area contributed by atoms with Gasteiger partial charge in [0.15, 0.2) is 0 Å². The maximum Gasteiger partial charge on any atom is 0.238 e. The fourth-order valence-electron chi connectivity index (χ4n) is 1.88. The lowest BCUT2D eigenvalue weighted by Gasteiger charge is -2.22. The van der Waals surface area contributed by atoms with Gasteiger partial charge in [0.05, 0.1) is 17.6 Å². The Kier molecular flexibility index (Phi) is 5.82. The molecule has 0 radical (unpaired) electrons. The van der Waals surface area contributed by atoms with Gasteiger partial charge in [0, 0.05) is 20.1 Å². The van der Waals surface area contributed by atoms with Gasteiger partial charge in [-0.05, 0) is 47.5 Å². The highest BCUT2D eigenvalue weighted by molar-refractivity contribution is 9.10. The van der Waals surface area contributed by atoms with Crippen LogP contribution in [-0.4, -0.2) is 38.1 Å². The van der Waals surface area contributed by atoms with Gasteiger partial charge in [-0.3, -0.25) is 10.1 Å². The molecule has 1 aromatic rings. The molecule has 0 aliphatic carbocycles. The van der Waals surface area contributed by atoms with Crippen LogP contribution in [0, 0.1) is 0 Å². The monoisotopic (exact) mass is 328 g/mol. The smallest absolute Gasteiger partial charge is 0.238 e. The van der Waals surface area contributed by atoms with E-state index < -0.39 is 0 Å². The van der Waals surface area contributed by atoms with Crippen molar-refractivity contribution in [3.63, 3.8) is 0 Å². The SMILES string of the molecule is COc1ccc([C@H](C)N[C@H](C)C(=O)N(C)C)cc1Br. The maximum absolute atomic E-state index is 11.8. The maximum atomic E-state index is 11.8. The Balaban J connectivity index is 2.75. The Labute approximate surface area is 123 Å². The van der Waals surface area contributed by atoms with Crippen molar-refractivity contribution in [1.29, 1.82) is 0 Å². The highest BCUT2D eigenvalue weighted by atomic mass is 79.9. The van der Waals surface area contributed by atoms with Crippen molar-refractivity contribution in [2.45, 2.75) is 25.9 Å². The molecule has 0 fully saturated rings. The first-order valence-electron chi connectivity index (χ1n) is 6.17. The number of hydrogen-bond donors (Lipinski definition) is 1. The number of hydrogen-bond acceptors (Lipinski definition) is 3. The summed E-state index contributed by atoms with van der Waals surface area (Å²) in [6, 6.07) is 5.78. The predicted molar refractivity (Wildman–Crippen MR) is 80.4 cm³/mol. The minimum atomic E-state index is -0.217. The summed E-state index contributed by atoms with van der Waals surface area (Å²) >= 11 is 3.47. The molecular formula is C14H21BrN2O2. The standard InChI is InChI=1S/C14H21BrN2O2/c1-9(16-10(2)14(18)17(3)4)11-6-7-13(19-5)12(15)8-11/h6-10,16H,1-5H3/t9-,10+/m0/s1. The quantitative estimate of drug-likeness (QED) is 0.903. The molecule has 0 heterocycles. The molecule has 1 amide bonds. The third-order valence-electron chi connectivity index (χ3n) is 2.99. The molecule has 0 aromatic heterocycles. The van der Waals surface area contributed by atoms with Crippen LogP contribution in [0.4, 0.5) is 0 Å². The van der Waals surface area contributed by atoms with Crippen LogP contribution in [-0.2, 0) is 4.79 Å². The second-order valence-electron chi connectivity index (χ2n) is 4.74. The second kappa shape index (κ2) is 6.91. The fraction of sp³-hybridized carbons (Fsp3) is 0.500. The van der Waals surface area contributed by atoms with Crippen LogP contribution < -0.4 is 10.1 Å². The Morgan fingerprint density at radius 2 is 2.00 bits per heavy atom. The molecular weight excluding hydrogens is 308 g/mol. The minimum Gasteiger partial charge on any atom is -0.496 e. The van der Waals surface area contributed by atoms with Crippen molar-refractivity contribution in [2.24, 2.45) is 0 Å². The predicted octanol–water partition coefficient (Wildman–Crippen LogP) is 2.59. The molecule has 0 spiro atoms. The Morgan fingerprint density at radius 1 is 1.37 bits per heavy atom. The number of nitrogens with zero attached hydrogens (tertiary/aromatic N) is 1. The van der Waals surface area contributed by atoms with Gasteiger partial charge in [0.2, 0.25) is 5.91 Å². The van der Waals surface area contributed by atoms with E-state index in [1.54, 1.807) is 26.1 Å². The highest BCUT2D eigenvalue weighted by Crippen LogP contribution is 2.28. The molecule has 0 unspecified atom stereocenters. The number of carbonyl (C=O) groups excluding carboxylic acids is 1. The van der Waals surface area contributed by atoms with Crippen molar-refractivity contribution in [1.82, 2.24) is 10.2 Å². The summed E-state index contributed by atoms with van der Waals surface area (Å²) in [7, 11) is 5.16. The normalized spacial score (nSPS) is 13.8. The van der Waals surface area contributed by atoms with E-state index in [2.05, 4.69) is 21.2 Å². The number of benzene rings is 1. The molecule has 1 N–H and O–H groups in total. The van der Waals surface area contributed by atoms with E-state index in [0.717, 1.165) is 15.8 Å². The number of carbonyl (C=O) groups is 1. The molecule has 0 aliphatic heterocycles. The molecule has 0 saturated carbocycles. The van der Waals surface area contributed by atoms with Crippen LogP contribution in [0.25, 0.3) is 0 Å². The van der Waals surface area contributed by atoms with E-state index in [1.165, 1.54) is 0 Å². The van der Waals surface area contributed by atoms with Gasteiger partial charge in [-0.15, -0.1) is 0 Å². The third-order valence-corrected chi connectivity index (χ3v) is 3.61. The third kappa shape index (κ3) is 4.21. The lowest BCUT2D eigenvalue weighted by molar-refractivity contribution is -0.130. The van der Waals surface area contributed by atoms with Crippen molar-refractivity contribution in [3.05, 3.63) is 28.2 Å². The number of rotatable bonds is 5. The molecule has 0 bridgehead atoms. The van der Waals surface area contributed by atoms with Gasteiger partial charge in [0.25, 0.3) is 0 Å². The molecule has 19 heavy (non-hydrogen) atoms. The molecule has 1 rings (SSSR count). The van der Waals surface area contributed by atoms with Crippen LogP contribution in [0.3, 0.4) is 0 Å². The fourth-order valence-corrected chi connectivity index (χ4v) is 2.44. The molecule has 0 saturated heterocycles. The zero-order valence-electron chi connectivity index (χ0n) is 12.0. The van der Waals surface area contributed by atoms with Crippen molar-refractivity contribution in [2.75, 3.05) is 21.2 Å². The van der Waals surface area contributed by atoms with E-state index in [-0.39, 0.29) is 18.0 Å². The first kappa shape index (κ1) is 16.0. The summed E-state index contributed by atoms with van der Waals surface area (Å²) in [5, 5.41) is 3.29. The Morgan fingerprint density at radius 3 is 2.47 bits per heavy atom. The Hall–Kier alpha value is -1.07. The highest BCUT2D eigenvalue weighted by Gasteiger charge is 2.18. The average Bonchev–Trinajstić information content (AvgIpc) is 2.37. The number of ether oxygens (including phenoxy) is 1. The van der Waals surface area contributed by atoms with E-state index in [0.29, 0.717) is 0 Å². The van der Waals surface area contributed by atoms with Gasteiger partial charge in [-0.25, -0.2) is 0 Å². The van der Waals surface area contributed by atoms with Crippen LogP contribution >= 0.6 is 15.9 Å². The van der Waals surface area contributed by atoms with E-state index in [1.807, 2.05) is 32.0 Å². The van der Waals surface area contributed by atoms with E-state index in [4.69, 9.17) is 4.74 Å². The largest absolute Gasteiger partial charge is 0.496 e. The van der Waals surface area contributed by atoms with Gasteiger partial charge in [-0.2, -0.15) is 0 Å². The lowest BCUT2D eigenvalue weighted by atomic mass is 10.1. The minimum absolute atomic E-state index is 0.0689. The zero-order valence-corrected chi connectivity index (χ0v) is 13.6. The van der Waals surface area contributed by atoms with E-state index >= 15 is 0 Å². The number of nitrogens with one attached hydrogen (secondary N) is 1. The number of halogens is 1. The Bertz CT molecular complexity index is 449. The summed E-state index contributed by atoms with van der Waals surface area (Å²) in [6.45, 7) is 3.91. The lowest BCUT2D eigenvalue weighted by Crippen LogP contribution is -2.42. The first-order valence-corrected chi connectivity index (χ1v) is 6.96. The van der Waals surface area contributed by atoms with Crippen molar-refractivity contribution in [3.8, 4) is 5.75 Å². The van der Waals surface area contributed by atoms with Crippen LogP contribution in [0.2, 0.25) is 0 Å². The molecule has 106 valence electrons. The zero-order chi connectivity index (χ0) is 14.6. The van der Waals surface area contributed by atoms with Crippen molar-refractivity contribution >= 4 is 21.8 Å². The van der Waals surface area contributed by atoms with Crippen molar-refractivity contribution < 1.29 is 9.53 Å². The summed E-state index contributed by atoms with van der Waals surface area (Å²) < 4.78 is 6.11. The van der Waals surface area contributed by atoms with E-state index in [9.17, 15) is 4.79 Å². The van der Waals surface area contributed by atoms with Gasteiger partial charge in [0.1, 0.15) is 5.75 Å². The molecule has 1 aromatic carbocycles. The van der Waals surface area contributed by atoms with Gasteiger partial charge in [-0.1, -0.05) is 6.07 Å². The number of methoxy groups -OCH3 is 1. The summed E-state index contributed by atoms with van der Waals surface area (Å²) in [5.41, 5.74) is 1.10. The molecule has 2 atom stereocenters. The molecule has 0 aliphatic rings. The average molecular weight is 329 g/mol. The number of likely N-dealkylation sites (N-methyl/N-ethyl adjacent to an activating group) is 1. The first-order chi connectivity index (χ1) is 8.86. The van der Waals surface area contributed by atoms with Gasteiger partial charge >= 0.3 is 0 Å². The van der Waals surface area contributed by atoms with Crippen LogP contribution in [0.1, 0.15) is 25.5 Å². The van der Waals surface area contributed by atoms with Gasteiger partial charge < -0.3 is 9.64 Å². The summed E-state index contributed by atoms with van der Waals surface area (Å²) in [4.78, 5) is 13.4. The summed E-state index contributed by atoms with van der Waals surface area (Å²) in [6.07, 6.45) is 0. The van der Waals surface area contributed by atoms with Crippen LogP contribution in [0.15, 0.2) is 22.7 Å². The summed E-state index contributed by atoms with van der Waals surface area (Å²) in [5.74, 6) is 0.868. The topological polar surface area (TPSA) is 41.6 Å². The molecule has 4 nitrogen and oxygen atoms in total. The molecule has 5 heteroatoms. The van der Waals surface area contributed by atoms with Crippen LogP contribution in [0.5, 0.6) is 5.75 Å².